The first-order valence-electron chi connectivity index (χ1n) is 13.8. The van der Waals surface area contributed by atoms with E-state index in [9.17, 15) is 5.02 Å². The summed E-state index contributed by atoms with van der Waals surface area (Å²) in [5, 5.41) is 11.7. The third kappa shape index (κ3) is 4.43. The number of nitrogens with zero attached hydrogens (tertiary/aromatic N) is 1. The molecule has 40 heavy (non-hydrogen) atoms. The first-order chi connectivity index (χ1) is 19.4. The Morgan fingerprint density at radius 3 is 2.10 bits per heavy atom. The monoisotopic (exact) mass is 517 g/mol. The number of benzene rings is 5. The quantitative estimate of drug-likeness (QED) is 0.235. The van der Waals surface area contributed by atoms with Crippen molar-refractivity contribution < 1.29 is 5.02 Å². The van der Waals surface area contributed by atoms with Crippen LogP contribution in [-0.2, 0) is 5.41 Å². The van der Waals surface area contributed by atoms with Crippen LogP contribution in [0, 0.1) is 0 Å². The van der Waals surface area contributed by atoms with Crippen molar-refractivity contribution in [3.05, 3.63) is 148 Å². The summed E-state index contributed by atoms with van der Waals surface area (Å²) < 4.78 is 0. The van der Waals surface area contributed by atoms with Crippen LogP contribution < -0.4 is 15.9 Å². The molecule has 194 valence electrons. The summed E-state index contributed by atoms with van der Waals surface area (Å²) in [6.07, 6.45) is 0. The number of aliphatic imine (C=N–C) groups is 1. The van der Waals surface area contributed by atoms with Crippen molar-refractivity contribution in [2.24, 2.45) is 4.99 Å². The molecule has 0 bridgehead atoms. The lowest BCUT2D eigenvalue weighted by Crippen LogP contribution is -2.26. The maximum Gasteiger partial charge on any atom is 0.304 e. The number of hydrogen-bond acceptors (Lipinski definition) is 2. The van der Waals surface area contributed by atoms with Gasteiger partial charge in [-0.3, -0.25) is 4.99 Å². The molecule has 1 aliphatic carbocycles. The summed E-state index contributed by atoms with van der Waals surface area (Å²) in [6.45, 7) is 11.1. The average molecular weight is 517 g/mol. The van der Waals surface area contributed by atoms with Gasteiger partial charge in [-0.05, 0) is 57.2 Å². The lowest BCUT2D eigenvalue weighted by Gasteiger charge is -2.22. The van der Waals surface area contributed by atoms with Crippen LogP contribution in [0.3, 0.4) is 0 Å². The minimum absolute atomic E-state index is 0.0470. The molecule has 0 saturated carbocycles. The van der Waals surface area contributed by atoms with Gasteiger partial charge >= 0.3 is 7.48 Å². The molecule has 5 aromatic rings. The smallest absolute Gasteiger partial charge is 0.304 e. The molecule has 1 aliphatic rings. The van der Waals surface area contributed by atoms with Gasteiger partial charge in [0.1, 0.15) is 0 Å². The Labute approximate surface area is 237 Å². The van der Waals surface area contributed by atoms with Crippen molar-refractivity contribution in [3.63, 3.8) is 0 Å². The Morgan fingerprint density at radius 2 is 1.43 bits per heavy atom. The Balaban J connectivity index is 1.54. The van der Waals surface area contributed by atoms with E-state index in [1.165, 1.54) is 27.8 Å². The van der Waals surface area contributed by atoms with Crippen LogP contribution in [0.4, 0.5) is 0 Å². The molecule has 0 aliphatic heterocycles. The molecule has 0 saturated heterocycles. The molecule has 0 amide bonds. The highest BCUT2D eigenvalue weighted by molar-refractivity contribution is 6.45. The van der Waals surface area contributed by atoms with Gasteiger partial charge in [-0.2, -0.15) is 0 Å². The van der Waals surface area contributed by atoms with Crippen LogP contribution in [0.5, 0.6) is 0 Å². The third-order valence-electron chi connectivity index (χ3n) is 8.14. The van der Waals surface area contributed by atoms with Crippen molar-refractivity contribution in [2.45, 2.75) is 26.2 Å². The molecule has 0 radical (unpaired) electrons. The summed E-state index contributed by atoms with van der Waals surface area (Å²) >= 11 is 0. The van der Waals surface area contributed by atoms with E-state index in [0.29, 0.717) is 0 Å². The van der Waals surface area contributed by atoms with E-state index in [4.69, 9.17) is 4.99 Å². The molecule has 1 N–H and O–H groups in total. The van der Waals surface area contributed by atoms with Crippen molar-refractivity contribution in [3.8, 4) is 22.3 Å². The minimum atomic E-state index is -0.142. The summed E-state index contributed by atoms with van der Waals surface area (Å²) in [7, 11) is 0.0470. The maximum absolute atomic E-state index is 9.77. The van der Waals surface area contributed by atoms with Gasteiger partial charge in [-0.25, -0.2) is 0 Å². The molecule has 6 rings (SSSR count). The number of hydrogen-bond donors (Lipinski definition) is 1. The zero-order valence-electron chi connectivity index (χ0n) is 23.3. The first kappa shape index (κ1) is 25.8. The first-order valence-corrected chi connectivity index (χ1v) is 13.8. The second-order valence-electron chi connectivity index (χ2n) is 11.0. The summed E-state index contributed by atoms with van der Waals surface area (Å²) in [5.41, 5.74) is 12.3. The Kier molecular flexibility index (Phi) is 6.61. The highest BCUT2D eigenvalue weighted by Gasteiger charge is 2.36. The lowest BCUT2D eigenvalue weighted by molar-refractivity contribution is 0.615. The standard InChI is InChI=1S/C37H32BNO/c1-24-22-28(31-16-11-17-33-35(31)32-21-19-29(38-40)23-34(32)37(33,3)4)18-20-30(24)36(27-14-9-6-10-15-27)39-25(2)26-12-7-5-8-13-26/h5-23,38,40H,1H2,2-4H3/b36-30-,39-25?. The van der Waals surface area contributed by atoms with Gasteiger partial charge in [0.15, 0.2) is 0 Å². The van der Waals surface area contributed by atoms with E-state index in [1.807, 2.05) is 30.3 Å². The summed E-state index contributed by atoms with van der Waals surface area (Å²) in [4.78, 5) is 5.15. The molecule has 0 heterocycles. The van der Waals surface area contributed by atoms with E-state index >= 15 is 0 Å². The van der Waals surface area contributed by atoms with E-state index in [1.54, 1.807) is 0 Å². The van der Waals surface area contributed by atoms with Crippen molar-refractivity contribution >= 4 is 30.9 Å². The van der Waals surface area contributed by atoms with Crippen molar-refractivity contribution in [1.29, 1.82) is 0 Å². The summed E-state index contributed by atoms with van der Waals surface area (Å²) in [5.74, 6) is 0. The zero-order valence-corrected chi connectivity index (χ0v) is 23.3. The molecule has 0 unspecified atom stereocenters. The predicted molar refractivity (Wildman–Crippen MR) is 171 cm³/mol. The van der Waals surface area contributed by atoms with Gasteiger partial charge in [-0.15, -0.1) is 0 Å². The topological polar surface area (TPSA) is 32.6 Å². The van der Waals surface area contributed by atoms with Gasteiger partial charge in [0.05, 0.1) is 5.70 Å². The Hall–Kier alpha value is -4.47. The van der Waals surface area contributed by atoms with Gasteiger partial charge in [0.2, 0.25) is 0 Å². The van der Waals surface area contributed by atoms with E-state index in [2.05, 4.69) is 112 Å². The molecular weight excluding hydrogens is 485 g/mol. The molecule has 3 heteroatoms. The zero-order chi connectivity index (χ0) is 27.9. The normalized spacial score (nSPS) is 14.3. The fraction of sp³-hybridized carbons (Fsp3) is 0.108. The Morgan fingerprint density at radius 1 is 0.725 bits per heavy atom. The fourth-order valence-electron chi connectivity index (χ4n) is 5.95. The van der Waals surface area contributed by atoms with Crippen LogP contribution >= 0.6 is 0 Å². The molecule has 2 nitrogen and oxygen atoms in total. The van der Waals surface area contributed by atoms with E-state index in [-0.39, 0.29) is 12.9 Å². The lowest BCUT2D eigenvalue weighted by atomic mass is 9.79. The second-order valence-corrected chi connectivity index (χ2v) is 11.0. The average Bonchev–Trinajstić information content (AvgIpc) is 3.22. The Bertz CT molecular complexity index is 1870. The van der Waals surface area contributed by atoms with Gasteiger partial charge in [-0.1, -0.05) is 135 Å². The molecular formula is C37H32BNO. The highest BCUT2D eigenvalue weighted by atomic mass is 16.2. The van der Waals surface area contributed by atoms with Crippen LogP contribution in [-0.4, -0.2) is 18.2 Å². The van der Waals surface area contributed by atoms with Gasteiger partial charge in [0, 0.05) is 21.9 Å². The molecule has 0 aromatic heterocycles. The highest BCUT2D eigenvalue weighted by Crippen LogP contribution is 2.51. The van der Waals surface area contributed by atoms with Crippen LogP contribution in [0.25, 0.3) is 34.5 Å². The minimum Gasteiger partial charge on any atom is -0.449 e. The third-order valence-corrected chi connectivity index (χ3v) is 8.14. The fourth-order valence-corrected chi connectivity index (χ4v) is 5.95. The van der Waals surface area contributed by atoms with E-state index < -0.39 is 0 Å². The van der Waals surface area contributed by atoms with Crippen LogP contribution in [0.15, 0.2) is 120 Å². The van der Waals surface area contributed by atoms with Gasteiger partial charge < -0.3 is 5.02 Å². The van der Waals surface area contributed by atoms with Crippen molar-refractivity contribution in [1.82, 2.24) is 0 Å². The molecule has 0 atom stereocenters. The molecule has 5 aromatic carbocycles. The largest absolute Gasteiger partial charge is 0.449 e. The van der Waals surface area contributed by atoms with Gasteiger partial charge in [0.25, 0.3) is 0 Å². The maximum atomic E-state index is 9.77. The van der Waals surface area contributed by atoms with Crippen LogP contribution in [0.2, 0.25) is 0 Å². The SMILES string of the molecule is C=c1cc(-c2cccc3c2-c2ccc(BO)cc2C3(C)C)cc/c1=C(/N=C(C)c1ccccc1)c1ccccc1. The van der Waals surface area contributed by atoms with E-state index in [0.717, 1.165) is 44.0 Å². The van der Waals surface area contributed by atoms with Crippen molar-refractivity contribution in [2.75, 3.05) is 0 Å². The number of rotatable bonds is 5. The second kappa shape index (κ2) is 10.3. The molecule has 0 spiro atoms. The summed E-state index contributed by atoms with van der Waals surface area (Å²) in [6, 6.07) is 40.1. The molecule has 0 fully saturated rings. The number of fused-ring (bicyclic) bond motifs is 3. The predicted octanol–water partition coefficient (Wildman–Crippen LogP) is 5.71. The van der Waals surface area contributed by atoms with Crippen LogP contribution in [0.1, 0.15) is 43.0 Å².